The molecule has 1 aromatic heterocycles. The van der Waals surface area contributed by atoms with E-state index in [0.717, 1.165) is 48.2 Å². The summed E-state index contributed by atoms with van der Waals surface area (Å²) in [5, 5.41) is 15.9. The Morgan fingerprint density at radius 2 is 1.97 bits per heavy atom. The number of alkyl halides is 3. The molecule has 198 valence electrons. The number of hydrogen-bond acceptors (Lipinski definition) is 6. The van der Waals surface area contributed by atoms with Crippen LogP contribution in [0.5, 0.6) is 0 Å². The van der Waals surface area contributed by atoms with Crippen LogP contribution in [0.2, 0.25) is 0 Å². The molecule has 0 aliphatic rings. The van der Waals surface area contributed by atoms with Crippen molar-refractivity contribution in [3.05, 3.63) is 57.4 Å². The maximum absolute atomic E-state index is 13.4. The van der Waals surface area contributed by atoms with Gasteiger partial charge in [0.15, 0.2) is 12.7 Å². The van der Waals surface area contributed by atoms with E-state index in [2.05, 4.69) is 20.5 Å². The molecular weight excluding hydrogens is 481 g/mol. The number of aryl methyl sites for hydroxylation is 1. The predicted octanol–water partition coefficient (Wildman–Crippen LogP) is 4.10. The fourth-order valence-corrected chi connectivity index (χ4v) is 3.46. The molecule has 0 spiro atoms. The maximum Gasteiger partial charge on any atom is 0.423 e. The van der Waals surface area contributed by atoms with Gasteiger partial charge in [-0.15, -0.1) is 0 Å². The van der Waals surface area contributed by atoms with E-state index in [1.165, 1.54) is 6.92 Å². The number of benzene rings is 1. The lowest BCUT2D eigenvalue weighted by atomic mass is 10.0. The van der Waals surface area contributed by atoms with Gasteiger partial charge < -0.3 is 25.5 Å². The first-order valence-corrected chi connectivity index (χ1v) is 11.2. The van der Waals surface area contributed by atoms with E-state index in [0.29, 0.717) is 19.0 Å². The molecular formula is C24H32F3N4O5+. The summed E-state index contributed by atoms with van der Waals surface area (Å²) in [6, 6.07) is 2.60. The number of allylic oxidation sites excluding steroid dienone is 1. The van der Waals surface area contributed by atoms with Gasteiger partial charge in [0.1, 0.15) is 5.56 Å². The van der Waals surface area contributed by atoms with Gasteiger partial charge in [0, 0.05) is 35.8 Å². The molecule has 12 heteroatoms. The Hall–Kier alpha value is -3.38. The van der Waals surface area contributed by atoms with Crippen LogP contribution >= 0.6 is 0 Å². The fraction of sp³-hybridized carbons (Fsp3) is 0.458. The third kappa shape index (κ3) is 7.31. The van der Waals surface area contributed by atoms with E-state index in [9.17, 15) is 28.0 Å². The topological polar surface area (TPSA) is 116 Å². The molecule has 0 fully saturated rings. The summed E-state index contributed by atoms with van der Waals surface area (Å²) in [5.41, 5.74) is -1.09. The molecule has 2 rings (SSSR count). The zero-order valence-corrected chi connectivity index (χ0v) is 20.9. The highest BCUT2D eigenvalue weighted by atomic mass is 19.4. The number of nitrogens with one attached hydrogen (secondary N) is 3. The molecule has 1 heterocycles. The number of nitrogens with zero attached hydrogens (tertiary/aromatic N) is 1. The number of halogens is 3. The summed E-state index contributed by atoms with van der Waals surface area (Å²) in [4.78, 5) is 31.4. The van der Waals surface area contributed by atoms with E-state index >= 15 is 0 Å². The number of amides is 1. The molecule has 0 aliphatic carbocycles. The minimum atomic E-state index is -4.87. The van der Waals surface area contributed by atoms with Crippen molar-refractivity contribution in [3.8, 4) is 0 Å². The zero-order chi connectivity index (χ0) is 27.1. The van der Waals surface area contributed by atoms with Crippen molar-refractivity contribution in [2.45, 2.75) is 45.4 Å². The highest BCUT2D eigenvalue weighted by Gasteiger charge is 2.41. The molecule has 0 radical (unpaired) electrons. The number of carbonyl (C=O) groups excluding carboxylic acids is 1. The maximum atomic E-state index is 13.4. The lowest BCUT2D eigenvalue weighted by molar-refractivity contribution is -0.737. The number of anilines is 1. The third-order valence-corrected chi connectivity index (χ3v) is 5.57. The van der Waals surface area contributed by atoms with E-state index in [-0.39, 0.29) is 17.2 Å². The molecule has 4 N–H and O–H groups in total. The number of hydrogen-bond donors (Lipinski definition) is 4. The van der Waals surface area contributed by atoms with Crippen molar-refractivity contribution < 1.29 is 37.6 Å². The smallest absolute Gasteiger partial charge is 0.423 e. The van der Waals surface area contributed by atoms with Gasteiger partial charge in [0.2, 0.25) is 0 Å². The van der Waals surface area contributed by atoms with Gasteiger partial charge in [-0.1, -0.05) is 6.92 Å². The second kappa shape index (κ2) is 12.0. The van der Waals surface area contributed by atoms with Crippen LogP contribution in [-0.2, 0) is 33.4 Å². The highest BCUT2D eigenvalue weighted by Crippen LogP contribution is 2.37. The third-order valence-electron chi connectivity index (χ3n) is 5.57. The fourth-order valence-electron chi connectivity index (χ4n) is 3.46. The quantitative estimate of drug-likeness (QED) is 0.193. The number of aliphatic hydroxyl groups is 1. The van der Waals surface area contributed by atoms with Crippen LogP contribution in [0.1, 0.15) is 43.2 Å². The van der Waals surface area contributed by atoms with Gasteiger partial charge in [0.25, 0.3) is 10.8 Å². The second-order valence-electron chi connectivity index (χ2n) is 8.34. The molecule has 1 atom stereocenters. The van der Waals surface area contributed by atoms with Crippen molar-refractivity contribution in [2.24, 2.45) is 0 Å². The first kappa shape index (κ1) is 28.9. The minimum absolute atomic E-state index is 0.144. The molecule has 1 aromatic carbocycles. The van der Waals surface area contributed by atoms with Crippen molar-refractivity contribution in [1.29, 1.82) is 0 Å². The number of rotatable bonds is 12. The molecule has 0 saturated heterocycles. The Bertz CT molecular complexity index is 1110. The largest absolute Gasteiger partial charge is 0.501 e. The molecule has 2 aromatic rings. The molecule has 0 saturated carbocycles. The molecule has 9 nitrogen and oxygen atoms in total. The summed E-state index contributed by atoms with van der Waals surface area (Å²) < 4.78 is 45.4. The van der Waals surface area contributed by atoms with Crippen LogP contribution in [0.4, 0.5) is 24.5 Å². The number of H-pyrrole nitrogens is 1. The lowest BCUT2D eigenvalue weighted by Crippen LogP contribution is -2.48. The van der Waals surface area contributed by atoms with Gasteiger partial charge in [0.05, 0.1) is 17.8 Å². The summed E-state index contributed by atoms with van der Waals surface area (Å²) >= 11 is 0. The van der Waals surface area contributed by atoms with Gasteiger partial charge >= 0.3 is 11.9 Å². The van der Waals surface area contributed by atoms with Crippen LogP contribution in [0.25, 0.3) is 6.08 Å². The van der Waals surface area contributed by atoms with Gasteiger partial charge in [-0.2, -0.15) is 13.2 Å². The van der Waals surface area contributed by atoms with Crippen LogP contribution in [0.3, 0.4) is 0 Å². The van der Waals surface area contributed by atoms with Crippen molar-refractivity contribution in [1.82, 2.24) is 10.3 Å². The standard InChI is InChI=1S/C24H31F3N4O5/c1-6-20-18(11-15(2)35-4)16(13-29-20)9-10-28-14-23(3,33)22(32)30-17-7-8-21(31(34)36-5)19(12-17)24(25,26)27/h7-8,11-13,28-29,33H,6,9-10,14H2,1-5H3/p+1/b15-11+. The number of aromatic amines is 1. The van der Waals surface area contributed by atoms with Crippen LogP contribution < -0.4 is 10.6 Å². The van der Waals surface area contributed by atoms with Gasteiger partial charge in [-0.05, 0) is 57.0 Å². The Kier molecular flexibility index (Phi) is 9.65. The monoisotopic (exact) mass is 513 g/mol. The van der Waals surface area contributed by atoms with E-state index in [4.69, 9.17) is 4.74 Å². The first-order chi connectivity index (χ1) is 16.8. The van der Waals surface area contributed by atoms with E-state index in [1.54, 1.807) is 7.11 Å². The van der Waals surface area contributed by atoms with Crippen LogP contribution in [0.15, 0.2) is 30.2 Å². The van der Waals surface area contributed by atoms with Crippen molar-refractivity contribution in [2.75, 3.05) is 32.6 Å². The number of carbonyl (C=O) groups is 1. The molecule has 0 bridgehead atoms. The van der Waals surface area contributed by atoms with Crippen LogP contribution in [0, 0.1) is 4.91 Å². The molecule has 0 aliphatic heterocycles. The Balaban J connectivity index is 2.04. The normalized spacial score (nSPS) is 13.8. The van der Waals surface area contributed by atoms with Gasteiger partial charge in [-0.25, -0.2) is 4.84 Å². The minimum Gasteiger partial charge on any atom is -0.501 e. The predicted molar refractivity (Wildman–Crippen MR) is 128 cm³/mol. The summed E-state index contributed by atoms with van der Waals surface area (Å²) in [6.07, 6.45) is 0.369. The average molecular weight is 514 g/mol. The summed E-state index contributed by atoms with van der Waals surface area (Å²) in [5.74, 6) is -0.152. The Morgan fingerprint density at radius 1 is 1.28 bits per heavy atom. The zero-order valence-electron chi connectivity index (χ0n) is 20.9. The Morgan fingerprint density at radius 3 is 2.56 bits per heavy atom. The van der Waals surface area contributed by atoms with E-state index < -0.39 is 28.9 Å². The SMILES string of the molecule is CCc1[nH]cc(CCNCC(C)(O)C(=O)Nc2ccc([N+](=O)OC)c(C(F)(F)F)c2)c1/C=C(\C)OC. The molecule has 1 unspecified atom stereocenters. The first-order valence-electron chi connectivity index (χ1n) is 11.2. The average Bonchev–Trinajstić information content (AvgIpc) is 3.21. The summed E-state index contributed by atoms with van der Waals surface area (Å²) in [7, 11) is 2.53. The van der Waals surface area contributed by atoms with Crippen molar-refractivity contribution >= 4 is 23.4 Å². The van der Waals surface area contributed by atoms with Crippen LogP contribution in [-0.4, -0.2) is 53.8 Å². The lowest BCUT2D eigenvalue weighted by Gasteiger charge is -2.23. The van der Waals surface area contributed by atoms with E-state index in [1.807, 2.05) is 26.1 Å². The number of methoxy groups -OCH3 is 1. The number of ether oxygens (including phenoxy) is 1. The molecule has 36 heavy (non-hydrogen) atoms. The summed E-state index contributed by atoms with van der Waals surface area (Å²) in [6.45, 7) is 5.42. The molecule has 1 amide bonds. The van der Waals surface area contributed by atoms with Gasteiger partial charge in [-0.3, -0.25) is 4.79 Å². The second-order valence-corrected chi connectivity index (χ2v) is 8.34. The van der Waals surface area contributed by atoms with Crippen molar-refractivity contribution in [3.63, 3.8) is 0 Å². The Labute approximate surface area is 207 Å². The highest BCUT2D eigenvalue weighted by molar-refractivity contribution is 5.97. The number of aromatic nitrogens is 1.